The molecule has 2 heterocycles. The molecule has 116 valence electrons. The molecule has 2 N–H and O–H groups in total. The van der Waals surface area contributed by atoms with E-state index in [-0.39, 0.29) is 11.9 Å². The quantitative estimate of drug-likeness (QED) is 0.764. The number of aromatic nitrogens is 3. The third-order valence-corrected chi connectivity index (χ3v) is 4.38. The third-order valence-electron chi connectivity index (χ3n) is 4.38. The highest BCUT2D eigenvalue weighted by atomic mass is 16.1. The molecule has 5 heteroatoms. The Hall–Kier alpha value is -2.69. The summed E-state index contributed by atoms with van der Waals surface area (Å²) in [6.07, 6.45) is 2.95. The fourth-order valence-electron chi connectivity index (χ4n) is 3.34. The molecule has 23 heavy (non-hydrogen) atoms. The van der Waals surface area contributed by atoms with E-state index in [0.717, 1.165) is 52.8 Å². The standard InChI is InChI=1S/C18H18N4O/c1-11(23)19-14-7-4-8-15-12(14)9-10-17(20-15)18-13-5-2-3-6-16(13)21-22-18/h2-3,5-6,9-10,14H,4,7-8H2,1H3,(H,19,23)(H,21,22). The first-order chi connectivity index (χ1) is 11.2. The highest BCUT2D eigenvalue weighted by Crippen LogP contribution is 2.32. The maximum Gasteiger partial charge on any atom is 0.217 e. The van der Waals surface area contributed by atoms with Crippen LogP contribution in [0.1, 0.15) is 37.1 Å². The lowest BCUT2D eigenvalue weighted by Gasteiger charge is -2.25. The zero-order valence-corrected chi connectivity index (χ0v) is 13.0. The van der Waals surface area contributed by atoms with Gasteiger partial charge in [-0.15, -0.1) is 0 Å². The van der Waals surface area contributed by atoms with Crippen molar-refractivity contribution < 1.29 is 4.79 Å². The van der Waals surface area contributed by atoms with Crippen LogP contribution in [0.25, 0.3) is 22.3 Å². The third kappa shape index (κ3) is 2.48. The van der Waals surface area contributed by atoms with Gasteiger partial charge in [-0.2, -0.15) is 5.10 Å². The highest BCUT2D eigenvalue weighted by Gasteiger charge is 2.23. The fraction of sp³-hybridized carbons (Fsp3) is 0.278. The molecule has 0 spiro atoms. The first kappa shape index (κ1) is 13.9. The molecule has 0 aliphatic heterocycles. The van der Waals surface area contributed by atoms with Crippen molar-refractivity contribution in [3.8, 4) is 11.4 Å². The number of carbonyl (C=O) groups excluding carboxylic acids is 1. The van der Waals surface area contributed by atoms with Crippen LogP contribution >= 0.6 is 0 Å². The summed E-state index contributed by atoms with van der Waals surface area (Å²) in [4.78, 5) is 16.2. The molecule has 1 aliphatic rings. The molecule has 0 fully saturated rings. The SMILES string of the molecule is CC(=O)NC1CCCc2nc(-c3n[nH]c4ccccc34)ccc21. The van der Waals surface area contributed by atoms with Crippen molar-refractivity contribution in [3.05, 3.63) is 47.7 Å². The summed E-state index contributed by atoms with van der Waals surface area (Å²) in [6.45, 7) is 1.56. The van der Waals surface area contributed by atoms with Gasteiger partial charge in [0.1, 0.15) is 5.69 Å². The first-order valence-corrected chi connectivity index (χ1v) is 7.93. The van der Waals surface area contributed by atoms with Crippen LogP contribution in [0, 0.1) is 0 Å². The lowest BCUT2D eigenvalue weighted by atomic mass is 9.90. The van der Waals surface area contributed by atoms with Crippen molar-refractivity contribution in [1.82, 2.24) is 20.5 Å². The Kier molecular flexibility index (Phi) is 3.33. The number of aryl methyl sites for hydroxylation is 1. The van der Waals surface area contributed by atoms with Gasteiger partial charge in [-0.1, -0.05) is 24.3 Å². The number of benzene rings is 1. The van der Waals surface area contributed by atoms with Gasteiger partial charge >= 0.3 is 0 Å². The Balaban J connectivity index is 1.76. The van der Waals surface area contributed by atoms with Gasteiger partial charge in [-0.05, 0) is 37.0 Å². The Bertz CT molecular complexity index is 884. The molecule has 4 rings (SSSR count). The van der Waals surface area contributed by atoms with Crippen LogP contribution in [-0.2, 0) is 11.2 Å². The predicted molar refractivity (Wildman–Crippen MR) is 88.8 cm³/mol. The zero-order chi connectivity index (χ0) is 15.8. The number of hydrogen-bond donors (Lipinski definition) is 2. The molecule has 1 aliphatic carbocycles. The summed E-state index contributed by atoms with van der Waals surface area (Å²) in [7, 11) is 0. The van der Waals surface area contributed by atoms with Crippen LogP contribution in [-0.4, -0.2) is 21.1 Å². The van der Waals surface area contributed by atoms with E-state index < -0.39 is 0 Å². The Morgan fingerprint density at radius 3 is 3.00 bits per heavy atom. The van der Waals surface area contributed by atoms with Crippen LogP contribution in [0.5, 0.6) is 0 Å². The summed E-state index contributed by atoms with van der Waals surface area (Å²) >= 11 is 0. The van der Waals surface area contributed by atoms with Crippen molar-refractivity contribution in [2.24, 2.45) is 0 Å². The van der Waals surface area contributed by atoms with E-state index in [1.807, 2.05) is 24.3 Å². The second-order valence-electron chi connectivity index (χ2n) is 6.00. The molecule has 0 bridgehead atoms. The smallest absolute Gasteiger partial charge is 0.217 e. The minimum Gasteiger partial charge on any atom is -0.349 e. The van der Waals surface area contributed by atoms with Gasteiger partial charge in [0.15, 0.2) is 0 Å². The van der Waals surface area contributed by atoms with Gasteiger partial charge in [-0.25, -0.2) is 0 Å². The van der Waals surface area contributed by atoms with E-state index in [1.165, 1.54) is 0 Å². The Morgan fingerprint density at radius 1 is 1.26 bits per heavy atom. The Labute approximate surface area is 134 Å². The molecule has 2 aromatic heterocycles. The van der Waals surface area contributed by atoms with Gasteiger partial charge < -0.3 is 5.32 Å². The van der Waals surface area contributed by atoms with Crippen molar-refractivity contribution in [2.75, 3.05) is 0 Å². The number of nitrogens with zero attached hydrogens (tertiary/aromatic N) is 2. The maximum absolute atomic E-state index is 11.4. The minimum atomic E-state index is 0.00484. The molecule has 1 unspecified atom stereocenters. The molecular weight excluding hydrogens is 288 g/mol. The number of aromatic amines is 1. The molecule has 1 atom stereocenters. The molecule has 5 nitrogen and oxygen atoms in total. The first-order valence-electron chi connectivity index (χ1n) is 7.93. The van der Waals surface area contributed by atoms with Crippen molar-refractivity contribution in [2.45, 2.75) is 32.2 Å². The zero-order valence-electron chi connectivity index (χ0n) is 13.0. The maximum atomic E-state index is 11.4. The van der Waals surface area contributed by atoms with Crippen LogP contribution in [0.2, 0.25) is 0 Å². The molecule has 0 saturated carbocycles. The highest BCUT2D eigenvalue weighted by molar-refractivity contribution is 5.91. The molecule has 0 radical (unpaired) electrons. The lowest BCUT2D eigenvalue weighted by molar-refractivity contribution is -0.119. The van der Waals surface area contributed by atoms with E-state index in [0.29, 0.717) is 0 Å². The second-order valence-corrected chi connectivity index (χ2v) is 6.00. The number of H-pyrrole nitrogens is 1. The van der Waals surface area contributed by atoms with Gasteiger partial charge in [0, 0.05) is 18.0 Å². The summed E-state index contributed by atoms with van der Waals surface area (Å²) in [5.74, 6) is 0.00484. The van der Waals surface area contributed by atoms with E-state index in [9.17, 15) is 4.79 Å². The average molecular weight is 306 g/mol. The van der Waals surface area contributed by atoms with Crippen LogP contribution < -0.4 is 5.32 Å². The molecule has 1 amide bonds. The van der Waals surface area contributed by atoms with Crippen LogP contribution in [0.15, 0.2) is 36.4 Å². The number of pyridine rings is 1. The lowest BCUT2D eigenvalue weighted by Crippen LogP contribution is -2.29. The van der Waals surface area contributed by atoms with Crippen LogP contribution in [0.4, 0.5) is 0 Å². The fourth-order valence-corrected chi connectivity index (χ4v) is 3.34. The number of carbonyl (C=O) groups is 1. The van der Waals surface area contributed by atoms with E-state index in [2.05, 4.69) is 27.6 Å². The van der Waals surface area contributed by atoms with E-state index in [4.69, 9.17) is 4.98 Å². The van der Waals surface area contributed by atoms with Crippen molar-refractivity contribution in [1.29, 1.82) is 0 Å². The molecular formula is C18H18N4O. The second kappa shape index (κ2) is 5.50. The molecule has 0 saturated heterocycles. The predicted octanol–water partition coefficient (Wildman–Crippen LogP) is 3.14. The summed E-state index contributed by atoms with van der Waals surface area (Å²) in [5.41, 5.74) is 4.97. The summed E-state index contributed by atoms with van der Waals surface area (Å²) in [5, 5.41) is 11.6. The number of amides is 1. The van der Waals surface area contributed by atoms with Gasteiger partial charge in [0.05, 0.1) is 17.3 Å². The number of fused-ring (bicyclic) bond motifs is 2. The molecule has 3 aromatic rings. The topological polar surface area (TPSA) is 70.7 Å². The van der Waals surface area contributed by atoms with Gasteiger partial charge in [0.2, 0.25) is 5.91 Å². The summed E-state index contributed by atoms with van der Waals surface area (Å²) in [6, 6.07) is 12.2. The van der Waals surface area contributed by atoms with E-state index >= 15 is 0 Å². The number of nitrogens with one attached hydrogen (secondary N) is 2. The normalized spacial score (nSPS) is 17.0. The average Bonchev–Trinajstić information content (AvgIpc) is 2.98. The number of hydrogen-bond acceptors (Lipinski definition) is 3. The summed E-state index contributed by atoms with van der Waals surface area (Å²) < 4.78 is 0. The minimum absolute atomic E-state index is 0.00484. The molecule has 1 aromatic carbocycles. The monoisotopic (exact) mass is 306 g/mol. The van der Waals surface area contributed by atoms with Crippen molar-refractivity contribution >= 4 is 16.8 Å². The van der Waals surface area contributed by atoms with Crippen molar-refractivity contribution in [3.63, 3.8) is 0 Å². The Morgan fingerprint density at radius 2 is 2.13 bits per heavy atom. The number of rotatable bonds is 2. The largest absolute Gasteiger partial charge is 0.349 e. The van der Waals surface area contributed by atoms with Gasteiger partial charge in [0.25, 0.3) is 0 Å². The van der Waals surface area contributed by atoms with Gasteiger partial charge in [-0.3, -0.25) is 14.9 Å². The van der Waals surface area contributed by atoms with Crippen LogP contribution in [0.3, 0.4) is 0 Å². The number of para-hydroxylation sites is 1. The van der Waals surface area contributed by atoms with E-state index in [1.54, 1.807) is 6.92 Å².